The first-order valence-corrected chi connectivity index (χ1v) is 4.31. The van der Waals surface area contributed by atoms with Gasteiger partial charge in [0.2, 0.25) is 0 Å². The summed E-state index contributed by atoms with van der Waals surface area (Å²) in [5, 5.41) is 8.75. The standard InChI is InChI=1S/C12H12O2/c1-3-11(12(13)14)8-10-6-4-9(2)5-7-10/h4-7H,1,8H2,2H3,(H,13,14). The molecule has 0 bridgehead atoms. The second kappa shape index (κ2) is 4.45. The quantitative estimate of drug-likeness (QED) is 0.584. The molecule has 0 amide bonds. The van der Waals surface area contributed by atoms with Crippen molar-refractivity contribution in [1.29, 1.82) is 0 Å². The van der Waals surface area contributed by atoms with E-state index in [0.29, 0.717) is 6.42 Å². The average molecular weight is 188 g/mol. The van der Waals surface area contributed by atoms with Gasteiger partial charge in [-0.2, -0.15) is 0 Å². The molecular weight excluding hydrogens is 176 g/mol. The molecule has 0 aliphatic rings. The van der Waals surface area contributed by atoms with E-state index in [-0.39, 0.29) is 5.57 Å². The van der Waals surface area contributed by atoms with Gasteiger partial charge < -0.3 is 5.11 Å². The van der Waals surface area contributed by atoms with E-state index in [4.69, 9.17) is 5.11 Å². The smallest absolute Gasteiger partial charge is 0.339 e. The summed E-state index contributed by atoms with van der Waals surface area (Å²) >= 11 is 0. The number of aliphatic carboxylic acids is 1. The van der Waals surface area contributed by atoms with Crippen LogP contribution in [-0.4, -0.2) is 11.1 Å². The van der Waals surface area contributed by atoms with E-state index in [1.165, 1.54) is 0 Å². The molecule has 72 valence electrons. The van der Waals surface area contributed by atoms with Crippen LogP contribution in [0.15, 0.2) is 42.1 Å². The van der Waals surface area contributed by atoms with Gasteiger partial charge in [0.05, 0.1) is 5.57 Å². The van der Waals surface area contributed by atoms with E-state index in [1.807, 2.05) is 31.2 Å². The maximum atomic E-state index is 10.7. The van der Waals surface area contributed by atoms with Crippen molar-refractivity contribution in [1.82, 2.24) is 0 Å². The number of hydrogen-bond donors (Lipinski definition) is 1. The monoisotopic (exact) mass is 188 g/mol. The summed E-state index contributed by atoms with van der Waals surface area (Å²) in [5.41, 5.74) is 4.76. The Labute approximate surface area is 83.2 Å². The number of benzene rings is 1. The van der Waals surface area contributed by atoms with E-state index in [1.54, 1.807) is 0 Å². The van der Waals surface area contributed by atoms with Crippen molar-refractivity contribution < 1.29 is 9.90 Å². The molecule has 0 saturated carbocycles. The molecule has 0 radical (unpaired) electrons. The van der Waals surface area contributed by atoms with Gasteiger partial charge in [-0.1, -0.05) is 36.4 Å². The van der Waals surface area contributed by atoms with Crippen LogP contribution in [-0.2, 0) is 11.2 Å². The van der Waals surface area contributed by atoms with Crippen LogP contribution >= 0.6 is 0 Å². The first-order chi connectivity index (χ1) is 6.63. The van der Waals surface area contributed by atoms with Gasteiger partial charge in [0.1, 0.15) is 0 Å². The summed E-state index contributed by atoms with van der Waals surface area (Å²) in [6.07, 6.45) is 0.374. The predicted molar refractivity (Wildman–Crippen MR) is 55.2 cm³/mol. The van der Waals surface area contributed by atoms with Crippen LogP contribution in [0.2, 0.25) is 0 Å². The van der Waals surface area contributed by atoms with Crippen LogP contribution in [0.25, 0.3) is 0 Å². The number of aryl methyl sites for hydroxylation is 1. The van der Waals surface area contributed by atoms with Crippen molar-refractivity contribution >= 4 is 5.97 Å². The Balaban J connectivity index is 2.83. The van der Waals surface area contributed by atoms with E-state index in [2.05, 4.69) is 12.3 Å². The summed E-state index contributed by atoms with van der Waals surface area (Å²) in [6, 6.07) is 7.74. The predicted octanol–water partition coefficient (Wildman–Crippen LogP) is 2.33. The highest BCUT2D eigenvalue weighted by Gasteiger charge is 2.06. The van der Waals surface area contributed by atoms with Gasteiger partial charge in [-0.15, -0.1) is 5.73 Å². The Kier molecular flexibility index (Phi) is 3.27. The largest absolute Gasteiger partial charge is 0.477 e. The van der Waals surface area contributed by atoms with Gasteiger partial charge in [0.25, 0.3) is 0 Å². The Morgan fingerprint density at radius 3 is 2.43 bits per heavy atom. The fourth-order valence-electron chi connectivity index (χ4n) is 1.12. The Morgan fingerprint density at radius 1 is 1.43 bits per heavy atom. The van der Waals surface area contributed by atoms with Crippen molar-refractivity contribution in [3.8, 4) is 0 Å². The molecular formula is C12H12O2. The van der Waals surface area contributed by atoms with Crippen LogP contribution < -0.4 is 0 Å². The van der Waals surface area contributed by atoms with Crippen LogP contribution in [0.3, 0.4) is 0 Å². The molecule has 0 spiro atoms. The molecule has 14 heavy (non-hydrogen) atoms. The van der Waals surface area contributed by atoms with Crippen molar-refractivity contribution in [3.05, 3.63) is 53.3 Å². The second-order valence-electron chi connectivity index (χ2n) is 3.12. The molecule has 1 aromatic carbocycles. The molecule has 0 saturated heterocycles. The van der Waals surface area contributed by atoms with Gasteiger partial charge in [0.15, 0.2) is 0 Å². The SMILES string of the molecule is C=C=C(Cc1ccc(C)cc1)C(=O)O. The highest BCUT2D eigenvalue weighted by Crippen LogP contribution is 2.08. The van der Waals surface area contributed by atoms with Crippen LogP contribution in [0.5, 0.6) is 0 Å². The lowest BCUT2D eigenvalue weighted by molar-refractivity contribution is -0.132. The maximum Gasteiger partial charge on any atom is 0.339 e. The van der Waals surface area contributed by atoms with E-state index < -0.39 is 5.97 Å². The fraction of sp³-hybridized carbons (Fsp3) is 0.167. The Hall–Kier alpha value is -1.79. The molecule has 2 nitrogen and oxygen atoms in total. The van der Waals surface area contributed by atoms with Gasteiger partial charge in [0, 0.05) is 6.42 Å². The van der Waals surface area contributed by atoms with E-state index in [9.17, 15) is 4.79 Å². The van der Waals surface area contributed by atoms with Gasteiger partial charge in [-0.05, 0) is 12.5 Å². The molecule has 0 heterocycles. The normalized spacial score (nSPS) is 9.21. The van der Waals surface area contributed by atoms with Crippen LogP contribution in [0, 0.1) is 6.92 Å². The summed E-state index contributed by atoms with van der Waals surface area (Å²) in [4.78, 5) is 10.7. The minimum Gasteiger partial charge on any atom is -0.477 e. The summed E-state index contributed by atoms with van der Waals surface area (Å²) in [5.74, 6) is -0.958. The number of rotatable bonds is 3. The van der Waals surface area contributed by atoms with Crippen LogP contribution in [0.4, 0.5) is 0 Å². The zero-order valence-corrected chi connectivity index (χ0v) is 8.08. The van der Waals surface area contributed by atoms with Crippen molar-refractivity contribution in [2.24, 2.45) is 0 Å². The summed E-state index contributed by atoms with van der Waals surface area (Å²) < 4.78 is 0. The molecule has 0 unspecified atom stereocenters. The third-order valence-electron chi connectivity index (χ3n) is 1.97. The second-order valence-corrected chi connectivity index (χ2v) is 3.12. The topological polar surface area (TPSA) is 37.3 Å². The third-order valence-corrected chi connectivity index (χ3v) is 1.97. The van der Waals surface area contributed by atoms with Crippen molar-refractivity contribution in [3.63, 3.8) is 0 Å². The lowest BCUT2D eigenvalue weighted by Gasteiger charge is -2.00. The first kappa shape index (κ1) is 10.3. The third kappa shape index (κ3) is 2.61. The highest BCUT2D eigenvalue weighted by molar-refractivity contribution is 5.86. The molecule has 0 fully saturated rings. The summed E-state index contributed by atoms with van der Waals surface area (Å²) in [7, 11) is 0. The lowest BCUT2D eigenvalue weighted by atomic mass is 10.0. The number of hydrogen-bond acceptors (Lipinski definition) is 1. The zero-order valence-electron chi connectivity index (χ0n) is 8.08. The minimum atomic E-state index is -0.958. The molecule has 1 aromatic rings. The lowest BCUT2D eigenvalue weighted by Crippen LogP contribution is -2.02. The van der Waals surface area contributed by atoms with Gasteiger partial charge >= 0.3 is 5.97 Å². The molecule has 0 aromatic heterocycles. The number of carboxylic acid groups (broad SMARTS) is 1. The molecule has 0 aliphatic carbocycles. The fourth-order valence-corrected chi connectivity index (χ4v) is 1.12. The molecule has 0 atom stereocenters. The van der Waals surface area contributed by atoms with E-state index in [0.717, 1.165) is 11.1 Å². The minimum absolute atomic E-state index is 0.203. The average Bonchev–Trinajstić information content (AvgIpc) is 2.16. The maximum absolute atomic E-state index is 10.7. The number of carbonyl (C=O) groups is 1. The molecule has 1 rings (SSSR count). The highest BCUT2D eigenvalue weighted by atomic mass is 16.4. The number of carboxylic acids is 1. The summed E-state index contributed by atoms with van der Waals surface area (Å²) in [6.45, 7) is 5.34. The van der Waals surface area contributed by atoms with Gasteiger partial charge in [-0.25, -0.2) is 4.79 Å². The Morgan fingerprint density at radius 2 is 2.00 bits per heavy atom. The van der Waals surface area contributed by atoms with Crippen molar-refractivity contribution in [2.45, 2.75) is 13.3 Å². The zero-order chi connectivity index (χ0) is 10.6. The molecule has 2 heteroatoms. The Bertz CT molecular complexity index is 381. The van der Waals surface area contributed by atoms with E-state index >= 15 is 0 Å². The molecule has 1 N–H and O–H groups in total. The van der Waals surface area contributed by atoms with Crippen LogP contribution in [0.1, 0.15) is 11.1 Å². The molecule has 0 aliphatic heterocycles. The van der Waals surface area contributed by atoms with Crippen molar-refractivity contribution in [2.75, 3.05) is 0 Å². The van der Waals surface area contributed by atoms with Gasteiger partial charge in [-0.3, -0.25) is 0 Å². The first-order valence-electron chi connectivity index (χ1n) is 4.31.